The number of piperazine rings is 2. The van der Waals surface area contributed by atoms with Crippen molar-refractivity contribution in [3.63, 3.8) is 0 Å². The standard InChI is InChI=1S/C33H38ClF2N5O3/c1-23-19-41(24(2)18-40(23)20-25-7-10-28(35)11-8-25)32(42)22-44-31-12-9-27(34)17-26(31)21-38-13-15-39(16-14-38)33(43)37-30-6-4-3-5-29(30)36/h3-12,17,23-24H,13-16,18-22H2,1-2H3,(H,37,43)/t23-,24+/m1/s1. The molecule has 1 N–H and O–H groups in total. The Morgan fingerprint density at radius 2 is 1.64 bits per heavy atom. The number of anilines is 1. The summed E-state index contributed by atoms with van der Waals surface area (Å²) in [5.41, 5.74) is 2.06. The molecule has 0 spiro atoms. The number of urea groups is 1. The van der Waals surface area contributed by atoms with Gasteiger partial charge in [-0.15, -0.1) is 0 Å². The van der Waals surface area contributed by atoms with E-state index < -0.39 is 5.82 Å². The molecule has 44 heavy (non-hydrogen) atoms. The Morgan fingerprint density at radius 3 is 2.36 bits per heavy atom. The molecule has 0 aromatic heterocycles. The van der Waals surface area contributed by atoms with Crippen LogP contribution in [0.15, 0.2) is 66.7 Å². The smallest absolute Gasteiger partial charge is 0.322 e. The van der Waals surface area contributed by atoms with Crippen LogP contribution in [0, 0.1) is 11.6 Å². The van der Waals surface area contributed by atoms with E-state index in [2.05, 4.69) is 22.0 Å². The van der Waals surface area contributed by atoms with Crippen LogP contribution in [0.1, 0.15) is 25.0 Å². The summed E-state index contributed by atoms with van der Waals surface area (Å²) in [7, 11) is 0. The number of hydrogen-bond acceptors (Lipinski definition) is 5. The van der Waals surface area contributed by atoms with E-state index in [-0.39, 0.29) is 42.1 Å². The molecule has 0 aliphatic carbocycles. The van der Waals surface area contributed by atoms with Gasteiger partial charge in [-0.1, -0.05) is 35.9 Å². The second-order valence-electron chi connectivity index (χ2n) is 11.5. The van der Waals surface area contributed by atoms with Crippen molar-refractivity contribution >= 4 is 29.2 Å². The summed E-state index contributed by atoms with van der Waals surface area (Å²) in [5, 5.41) is 3.21. The quantitative estimate of drug-likeness (QED) is 0.360. The molecular formula is C33H38ClF2N5O3. The number of nitrogens with one attached hydrogen (secondary N) is 1. The Hall–Kier alpha value is -3.73. The summed E-state index contributed by atoms with van der Waals surface area (Å²) in [4.78, 5) is 34.0. The lowest BCUT2D eigenvalue weighted by Crippen LogP contribution is -2.58. The van der Waals surface area contributed by atoms with E-state index in [1.54, 1.807) is 41.3 Å². The molecule has 11 heteroatoms. The molecule has 2 aliphatic rings. The zero-order valence-electron chi connectivity index (χ0n) is 25.0. The Kier molecular flexibility index (Phi) is 10.3. The van der Waals surface area contributed by atoms with Crippen LogP contribution in [0.4, 0.5) is 19.3 Å². The number of nitrogens with zero attached hydrogens (tertiary/aromatic N) is 4. The van der Waals surface area contributed by atoms with Gasteiger partial charge in [0.25, 0.3) is 5.91 Å². The van der Waals surface area contributed by atoms with E-state index >= 15 is 0 Å². The van der Waals surface area contributed by atoms with Crippen LogP contribution in [0.3, 0.4) is 0 Å². The number of hydrogen-bond donors (Lipinski definition) is 1. The Labute approximate surface area is 262 Å². The van der Waals surface area contributed by atoms with Gasteiger partial charge in [0.1, 0.15) is 17.4 Å². The van der Waals surface area contributed by atoms with Crippen molar-refractivity contribution in [3.05, 3.63) is 94.5 Å². The Morgan fingerprint density at radius 1 is 0.909 bits per heavy atom. The molecule has 2 fully saturated rings. The number of ether oxygens (including phenoxy) is 1. The van der Waals surface area contributed by atoms with Gasteiger partial charge in [-0.25, -0.2) is 13.6 Å². The summed E-state index contributed by atoms with van der Waals surface area (Å²) in [6, 6.07) is 17.8. The van der Waals surface area contributed by atoms with Crippen molar-refractivity contribution in [2.24, 2.45) is 0 Å². The molecule has 3 amide bonds. The minimum atomic E-state index is -0.473. The van der Waals surface area contributed by atoms with Gasteiger partial charge in [0.15, 0.2) is 6.61 Å². The highest BCUT2D eigenvalue weighted by molar-refractivity contribution is 6.30. The predicted molar refractivity (Wildman–Crippen MR) is 167 cm³/mol. The molecule has 3 aromatic rings. The van der Waals surface area contributed by atoms with Gasteiger partial charge >= 0.3 is 6.03 Å². The van der Waals surface area contributed by atoms with Crippen LogP contribution in [-0.2, 0) is 17.9 Å². The SMILES string of the molecule is C[C@@H]1CN(C(=O)COc2ccc(Cl)cc2CN2CCN(C(=O)Nc3ccccc3F)CC2)[C@@H](C)CN1Cc1ccc(F)cc1. The highest BCUT2D eigenvalue weighted by Crippen LogP contribution is 2.26. The third-order valence-corrected chi connectivity index (χ3v) is 8.51. The summed E-state index contributed by atoms with van der Waals surface area (Å²) in [6.45, 7) is 8.77. The molecule has 2 atom stereocenters. The lowest BCUT2D eigenvalue weighted by molar-refractivity contribution is -0.139. The van der Waals surface area contributed by atoms with Crippen molar-refractivity contribution < 1.29 is 23.1 Å². The van der Waals surface area contributed by atoms with Crippen LogP contribution in [0.5, 0.6) is 5.75 Å². The van der Waals surface area contributed by atoms with Gasteiger partial charge in [0.2, 0.25) is 0 Å². The molecule has 0 unspecified atom stereocenters. The Balaban J connectivity index is 1.12. The molecule has 0 bridgehead atoms. The fraction of sp³-hybridized carbons (Fsp3) is 0.394. The lowest BCUT2D eigenvalue weighted by atomic mass is 10.1. The summed E-state index contributed by atoms with van der Waals surface area (Å²) in [6.07, 6.45) is 0. The van der Waals surface area contributed by atoms with E-state index in [4.69, 9.17) is 16.3 Å². The van der Waals surface area contributed by atoms with Crippen molar-refractivity contribution in [1.82, 2.24) is 19.6 Å². The van der Waals surface area contributed by atoms with Gasteiger partial charge in [0, 0.05) is 75.0 Å². The zero-order chi connectivity index (χ0) is 31.2. The number of halogens is 3. The fourth-order valence-electron chi connectivity index (χ4n) is 5.73. The van der Waals surface area contributed by atoms with Crippen molar-refractivity contribution in [1.29, 1.82) is 0 Å². The number of amides is 3. The highest BCUT2D eigenvalue weighted by atomic mass is 35.5. The second-order valence-corrected chi connectivity index (χ2v) is 12.0. The summed E-state index contributed by atoms with van der Waals surface area (Å²) >= 11 is 6.32. The highest BCUT2D eigenvalue weighted by Gasteiger charge is 2.32. The van der Waals surface area contributed by atoms with Gasteiger partial charge in [-0.2, -0.15) is 0 Å². The van der Waals surface area contributed by atoms with Crippen LogP contribution in [0.25, 0.3) is 0 Å². The average Bonchev–Trinajstić information content (AvgIpc) is 3.01. The van der Waals surface area contributed by atoms with Crippen molar-refractivity contribution in [3.8, 4) is 5.75 Å². The van der Waals surface area contributed by atoms with Crippen LogP contribution in [0.2, 0.25) is 5.02 Å². The first-order valence-electron chi connectivity index (χ1n) is 14.9. The minimum Gasteiger partial charge on any atom is -0.483 e. The molecule has 2 saturated heterocycles. The number of para-hydroxylation sites is 1. The first kappa shape index (κ1) is 31.7. The molecular weight excluding hydrogens is 588 g/mol. The molecule has 5 rings (SSSR count). The molecule has 8 nitrogen and oxygen atoms in total. The van der Waals surface area contributed by atoms with Gasteiger partial charge in [0.05, 0.1) is 5.69 Å². The third kappa shape index (κ3) is 8.05. The van der Waals surface area contributed by atoms with Crippen LogP contribution >= 0.6 is 11.6 Å². The second kappa shape index (κ2) is 14.4. The van der Waals surface area contributed by atoms with E-state index in [0.717, 1.165) is 11.1 Å². The molecule has 0 saturated carbocycles. The van der Waals surface area contributed by atoms with E-state index in [1.165, 1.54) is 24.3 Å². The minimum absolute atomic E-state index is 0.000633. The number of rotatable bonds is 8. The third-order valence-electron chi connectivity index (χ3n) is 8.28. The lowest BCUT2D eigenvalue weighted by Gasteiger charge is -2.44. The zero-order valence-corrected chi connectivity index (χ0v) is 25.8. The predicted octanol–water partition coefficient (Wildman–Crippen LogP) is 5.47. The molecule has 2 aliphatic heterocycles. The number of carbonyl (C=O) groups excluding carboxylic acids is 2. The first-order chi connectivity index (χ1) is 21.2. The van der Waals surface area contributed by atoms with Crippen molar-refractivity contribution in [2.75, 3.05) is 51.2 Å². The largest absolute Gasteiger partial charge is 0.483 e. The van der Waals surface area contributed by atoms with Crippen LogP contribution < -0.4 is 10.1 Å². The Bertz CT molecular complexity index is 1450. The number of benzene rings is 3. The van der Waals surface area contributed by atoms with Gasteiger partial charge in [-0.05, 0) is 61.9 Å². The van der Waals surface area contributed by atoms with Gasteiger partial charge < -0.3 is 19.9 Å². The van der Waals surface area contributed by atoms with E-state index in [0.29, 0.717) is 63.1 Å². The molecule has 0 radical (unpaired) electrons. The average molecular weight is 626 g/mol. The topological polar surface area (TPSA) is 68.4 Å². The summed E-state index contributed by atoms with van der Waals surface area (Å²) < 4.78 is 33.3. The maximum absolute atomic E-state index is 13.9. The maximum atomic E-state index is 13.9. The molecule has 3 aromatic carbocycles. The van der Waals surface area contributed by atoms with E-state index in [1.807, 2.05) is 17.9 Å². The normalized spacial score (nSPS) is 19.6. The fourth-order valence-corrected chi connectivity index (χ4v) is 5.93. The maximum Gasteiger partial charge on any atom is 0.322 e. The van der Waals surface area contributed by atoms with Gasteiger partial charge in [-0.3, -0.25) is 14.6 Å². The summed E-state index contributed by atoms with van der Waals surface area (Å²) in [5.74, 6) is -0.210. The van der Waals surface area contributed by atoms with E-state index in [9.17, 15) is 18.4 Å². The van der Waals surface area contributed by atoms with Crippen LogP contribution in [-0.4, -0.2) is 89.5 Å². The van der Waals surface area contributed by atoms with Crippen molar-refractivity contribution in [2.45, 2.75) is 39.0 Å². The molecule has 234 valence electrons. The monoisotopic (exact) mass is 625 g/mol. The molecule has 2 heterocycles. The number of carbonyl (C=O) groups is 2. The first-order valence-corrected chi connectivity index (χ1v) is 15.3.